The summed E-state index contributed by atoms with van der Waals surface area (Å²) >= 11 is 0. The number of carboxylic acid groups (broad SMARTS) is 1. The average Bonchev–Trinajstić information content (AvgIpc) is 3.08. The highest BCUT2D eigenvalue weighted by Crippen LogP contribution is 2.43. The molecular formula is C25H32N2O4. The molecule has 0 fully saturated rings. The zero-order valence-corrected chi connectivity index (χ0v) is 18.2. The van der Waals surface area contributed by atoms with Gasteiger partial charge in [-0.15, -0.1) is 6.58 Å². The molecular weight excluding hydrogens is 392 g/mol. The van der Waals surface area contributed by atoms with Crippen molar-refractivity contribution in [2.24, 2.45) is 0 Å². The number of aliphatic hydroxyl groups is 1. The Morgan fingerprint density at radius 2 is 2.03 bits per heavy atom. The third-order valence-electron chi connectivity index (χ3n) is 5.77. The number of ether oxygens (including phenoxy) is 1. The molecule has 6 heteroatoms. The number of benzene rings is 2. The van der Waals surface area contributed by atoms with Crippen molar-refractivity contribution in [3.05, 3.63) is 82.9 Å². The molecule has 6 nitrogen and oxygen atoms in total. The monoisotopic (exact) mass is 424 g/mol. The Labute approximate surface area is 184 Å². The Morgan fingerprint density at radius 1 is 1.29 bits per heavy atom. The van der Waals surface area contributed by atoms with Crippen LogP contribution in [0, 0.1) is 13.8 Å². The molecule has 0 heterocycles. The van der Waals surface area contributed by atoms with E-state index in [0.29, 0.717) is 13.0 Å². The summed E-state index contributed by atoms with van der Waals surface area (Å²) in [6, 6.07) is 13.3. The normalized spacial score (nSPS) is 19.5. The number of carbonyl (C=O) groups is 1. The highest BCUT2D eigenvalue weighted by atomic mass is 16.5. The maximum absolute atomic E-state index is 11.3. The topological polar surface area (TPSA) is 90.8 Å². The zero-order chi connectivity index (χ0) is 22.4. The first-order chi connectivity index (χ1) is 14.9. The highest BCUT2D eigenvalue weighted by molar-refractivity contribution is 5.65. The van der Waals surface area contributed by atoms with Crippen molar-refractivity contribution in [3.8, 4) is 0 Å². The van der Waals surface area contributed by atoms with Crippen molar-refractivity contribution in [1.82, 2.24) is 10.6 Å². The van der Waals surface area contributed by atoms with Crippen molar-refractivity contribution >= 4 is 6.09 Å². The fourth-order valence-corrected chi connectivity index (χ4v) is 4.44. The number of fused-ring (bicyclic) bond motifs is 1. The van der Waals surface area contributed by atoms with Crippen LogP contribution in [0.15, 0.2) is 55.1 Å². The fourth-order valence-electron chi connectivity index (χ4n) is 4.44. The van der Waals surface area contributed by atoms with Gasteiger partial charge in [0.2, 0.25) is 0 Å². The number of hydrogen-bond donors (Lipinski definition) is 4. The Balaban J connectivity index is 1.71. The fraction of sp³-hybridized carbons (Fsp3) is 0.400. The predicted octanol–water partition coefficient (Wildman–Crippen LogP) is 3.82. The first-order valence-electron chi connectivity index (χ1n) is 10.7. The molecule has 4 N–H and O–H groups in total. The maximum Gasteiger partial charge on any atom is 0.404 e. The van der Waals surface area contributed by atoms with Crippen molar-refractivity contribution in [1.29, 1.82) is 0 Å². The number of nitrogens with one attached hydrogen (secondary N) is 2. The number of aliphatic hydroxyl groups excluding tert-OH is 1. The van der Waals surface area contributed by atoms with E-state index in [1.807, 2.05) is 30.3 Å². The summed E-state index contributed by atoms with van der Waals surface area (Å²) in [6.45, 7) is 8.66. The van der Waals surface area contributed by atoms with Crippen LogP contribution >= 0.6 is 0 Å². The van der Waals surface area contributed by atoms with Crippen molar-refractivity contribution < 1.29 is 19.7 Å². The van der Waals surface area contributed by atoms with E-state index < -0.39 is 18.2 Å². The molecule has 1 amide bonds. The van der Waals surface area contributed by atoms with Gasteiger partial charge in [-0.2, -0.15) is 0 Å². The minimum Gasteiger partial charge on any atom is -0.465 e. The van der Waals surface area contributed by atoms with Gasteiger partial charge < -0.3 is 25.6 Å². The van der Waals surface area contributed by atoms with Crippen LogP contribution in [0.3, 0.4) is 0 Å². The van der Waals surface area contributed by atoms with Gasteiger partial charge in [0, 0.05) is 12.6 Å². The molecule has 31 heavy (non-hydrogen) atoms. The van der Waals surface area contributed by atoms with Crippen LogP contribution in [0.5, 0.6) is 0 Å². The molecule has 1 aliphatic rings. The molecule has 4 atom stereocenters. The van der Waals surface area contributed by atoms with Crippen LogP contribution in [0.2, 0.25) is 0 Å². The molecule has 0 bridgehead atoms. The minimum atomic E-state index is -1.14. The molecule has 3 rings (SSSR count). The number of aryl methyl sites for hydroxylation is 2. The molecule has 0 radical (unpaired) electrons. The molecule has 0 spiro atoms. The van der Waals surface area contributed by atoms with Gasteiger partial charge in [0.1, 0.15) is 0 Å². The van der Waals surface area contributed by atoms with E-state index in [0.717, 1.165) is 12.0 Å². The number of rotatable bonds is 10. The molecule has 166 valence electrons. The van der Waals surface area contributed by atoms with E-state index in [9.17, 15) is 15.0 Å². The molecule has 0 saturated carbocycles. The van der Waals surface area contributed by atoms with Gasteiger partial charge in [0.05, 0.1) is 24.9 Å². The Hall–Kier alpha value is -2.67. The number of amides is 1. The molecule has 2 aromatic carbocycles. The standard InChI is InChI=1S/C25H32N2O4/c1-4-10-31-23-14-20(19-12-16(2)11-17(3)24(19)23)26-15-22(28)21(27-25(29)30)13-18-8-6-5-7-9-18/h4-9,11-12,20-23,26-28H,1,10,13-15H2,2-3H3,(H,29,30)/t20-,21?,22+,23+/m0/s1. The summed E-state index contributed by atoms with van der Waals surface area (Å²) in [5, 5.41) is 26.0. The molecule has 1 unspecified atom stereocenters. The minimum absolute atomic E-state index is 0.0273. The van der Waals surface area contributed by atoms with Crippen LogP contribution in [-0.4, -0.2) is 41.6 Å². The summed E-state index contributed by atoms with van der Waals surface area (Å²) in [6.07, 6.45) is 0.880. The summed E-state index contributed by atoms with van der Waals surface area (Å²) in [4.78, 5) is 11.3. The lowest BCUT2D eigenvalue weighted by molar-refractivity contribution is 0.0668. The SMILES string of the molecule is C=CCO[C@@H]1C[C@H](NC[C@@H](O)C(Cc2ccccc2)NC(=O)O)c2cc(C)cc(C)c21. The third kappa shape index (κ3) is 5.94. The average molecular weight is 425 g/mol. The zero-order valence-electron chi connectivity index (χ0n) is 18.2. The Morgan fingerprint density at radius 3 is 2.71 bits per heavy atom. The van der Waals surface area contributed by atoms with Crippen LogP contribution in [0.1, 0.15) is 46.4 Å². The summed E-state index contributed by atoms with van der Waals surface area (Å²) in [5.41, 5.74) is 5.73. The Kier molecular flexibility index (Phi) is 7.85. The van der Waals surface area contributed by atoms with Crippen LogP contribution < -0.4 is 10.6 Å². The van der Waals surface area contributed by atoms with Gasteiger partial charge in [-0.1, -0.05) is 54.1 Å². The quantitative estimate of drug-likeness (QED) is 0.435. The lowest BCUT2D eigenvalue weighted by Crippen LogP contribution is -2.48. The van der Waals surface area contributed by atoms with Gasteiger partial charge >= 0.3 is 6.09 Å². The van der Waals surface area contributed by atoms with Crippen LogP contribution in [-0.2, 0) is 11.2 Å². The molecule has 0 saturated heterocycles. The molecule has 2 aromatic rings. The first kappa shape index (κ1) is 23.0. The van der Waals surface area contributed by atoms with E-state index in [-0.39, 0.29) is 18.7 Å². The smallest absolute Gasteiger partial charge is 0.404 e. The van der Waals surface area contributed by atoms with Crippen molar-refractivity contribution in [2.45, 2.75) is 51.0 Å². The van der Waals surface area contributed by atoms with E-state index >= 15 is 0 Å². The van der Waals surface area contributed by atoms with Crippen molar-refractivity contribution in [3.63, 3.8) is 0 Å². The highest BCUT2D eigenvalue weighted by Gasteiger charge is 2.33. The lowest BCUT2D eigenvalue weighted by atomic mass is 9.98. The molecule has 0 aromatic heterocycles. The van der Waals surface area contributed by atoms with E-state index in [1.54, 1.807) is 6.08 Å². The van der Waals surface area contributed by atoms with E-state index in [1.165, 1.54) is 22.3 Å². The summed E-state index contributed by atoms with van der Waals surface area (Å²) < 4.78 is 6.00. The number of hydrogen-bond acceptors (Lipinski definition) is 4. The van der Waals surface area contributed by atoms with Crippen LogP contribution in [0.4, 0.5) is 4.79 Å². The van der Waals surface area contributed by atoms with Gasteiger partial charge in [-0.3, -0.25) is 0 Å². The lowest BCUT2D eigenvalue weighted by Gasteiger charge is -2.25. The van der Waals surface area contributed by atoms with Crippen LogP contribution in [0.25, 0.3) is 0 Å². The largest absolute Gasteiger partial charge is 0.465 e. The first-order valence-corrected chi connectivity index (χ1v) is 10.7. The molecule has 1 aliphatic carbocycles. The second-order valence-corrected chi connectivity index (χ2v) is 8.20. The Bertz CT molecular complexity index is 900. The van der Waals surface area contributed by atoms with Gasteiger partial charge in [0.25, 0.3) is 0 Å². The van der Waals surface area contributed by atoms with E-state index in [2.05, 4.69) is 43.2 Å². The predicted molar refractivity (Wildman–Crippen MR) is 121 cm³/mol. The summed E-state index contributed by atoms with van der Waals surface area (Å²) in [7, 11) is 0. The summed E-state index contributed by atoms with van der Waals surface area (Å²) in [5.74, 6) is 0. The van der Waals surface area contributed by atoms with E-state index in [4.69, 9.17) is 4.74 Å². The second kappa shape index (κ2) is 10.6. The van der Waals surface area contributed by atoms with Gasteiger partial charge in [0.15, 0.2) is 0 Å². The maximum atomic E-state index is 11.3. The third-order valence-corrected chi connectivity index (χ3v) is 5.77. The van der Waals surface area contributed by atoms with Gasteiger partial charge in [-0.05, 0) is 48.9 Å². The molecule has 0 aliphatic heterocycles. The van der Waals surface area contributed by atoms with Gasteiger partial charge in [-0.25, -0.2) is 4.79 Å². The van der Waals surface area contributed by atoms with Crippen molar-refractivity contribution in [2.75, 3.05) is 13.2 Å². The second-order valence-electron chi connectivity index (χ2n) is 8.20.